The lowest BCUT2D eigenvalue weighted by Gasteiger charge is -2.30. The van der Waals surface area contributed by atoms with Crippen molar-refractivity contribution in [2.45, 2.75) is 51.5 Å². The van der Waals surface area contributed by atoms with E-state index in [-0.39, 0.29) is 35.4 Å². The van der Waals surface area contributed by atoms with Gasteiger partial charge in [-0.05, 0) is 57.4 Å². The van der Waals surface area contributed by atoms with Crippen LogP contribution in [0.4, 0.5) is 5.69 Å². The molecule has 3 aromatic carbocycles. The van der Waals surface area contributed by atoms with Gasteiger partial charge in [0.1, 0.15) is 0 Å². The van der Waals surface area contributed by atoms with Gasteiger partial charge >= 0.3 is 11.9 Å². The van der Waals surface area contributed by atoms with Gasteiger partial charge in [0, 0.05) is 42.0 Å². The van der Waals surface area contributed by atoms with Gasteiger partial charge in [-0.3, -0.25) is 10.1 Å². The topological polar surface area (TPSA) is 122 Å². The highest BCUT2D eigenvalue weighted by atomic mass is 16.6. The summed E-state index contributed by atoms with van der Waals surface area (Å²) in [6.45, 7) is 6.30. The van der Waals surface area contributed by atoms with Crippen LogP contribution in [-0.2, 0) is 14.3 Å². The van der Waals surface area contributed by atoms with E-state index in [1.807, 2.05) is 12.1 Å². The molecule has 2 atom stereocenters. The largest absolute Gasteiger partial charge is 0.478 e. The van der Waals surface area contributed by atoms with E-state index in [0.717, 1.165) is 6.42 Å². The zero-order chi connectivity index (χ0) is 31.8. The van der Waals surface area contributed by atoms with Crippen LogP contribution in [0.15, 0.2) is 107 Å². The van der Waals surface area contributed by atoms with Crippen LogP contribution in [0, 0.1) is 10.1 Å². The Morgan fingerprint density at radius 2 is 1.55 bits per heavy atom. The monoisotopic (exact) mass is 597 g/mol. The fourth-order valence-corrected chi connectivity index (χ4v) is 5.83. The minimum absolute atomic E-state index is 0.0528. The first-order chi connectivity index (χ1) is 21.1. The van der Waals surface area contributed by atoms with Crippen LogP contribution in [0.2, 0.25) is 0 Å². The first-order valence-corrected chi connectivity index (χ1v) is 14.7. The second-order valence-corrected chi connectivity index (χ2v) is 11.2. The molecular weight excluding hydrogens is 558 g/mol. The number of nitro benzene ring substituents is 1. The molecule has 0 saturated carbocycles. The molecule has 0 radical (unpaired) electrons. The molecule has 0 spiro atoms. The second-order valence-electron chi connectivity index (χ2n) is 11.2. The second kappa shape index (κ2) is 14.6. The standard InChI is InChI=1S/C35H39N3O6/c1-23(21-30(26-13-7-5-8-14-26)27-15-9-6-10-16-27)37(4)19-12-20-44-35(41)32-25(3)36-24(2)31(34(39)40)33(32)28-17-11-18-29(22-28)38(42)43/h5-11,13-18,22-23,30,33,36H,12,19-21H2,1-4H3,(H,39,40). The lowest BCUT2D eigenvalue weighted by Crippen LogP contribution is -2.33. The summed E-state index contributed by atoms with van der Waals surface area (Å²) >= 11 is 0. The van der Waals surface area contributed by atoms with Crippen molar-refractivity contribution in [3.05, 3.63) is 134 Å². The Morgan fingerprint density at radius 3 is 2.11 bits per heavy atom. The average Bonchev–Trinajstić information content (AvgIpc) is 3.01. The number of nitro groups is 1. The van der Waals surface area contributed by atoms with Crippen molar-refractivity contribution in [1.82, 2.24) is 10.2 Å². The SMILES string of the molecule is CC1=C(C(=O)O)C(c2cccc([N+](=O)[O-])c2)C(C(=O)OCCCN(C)C(C)CC(c2ccccc2)c2ccccc2)=C(C)N1. The Bertz CT molecular complexity index is 1510. The number of allylic oxidation sites excluding steroid dienone is 2. The zero-order valence-corrected chi connectivity index (χ0v) is 25.5. The molecule has 0 aliphatic carbocycles. The highest BCUT2D eigenvalue weighted by molar-refractivity contribution is 5.99. The van der Waals surface area contributed by atoms with Crippen LogP contribution in [0.5, 0.6) is 0 Å². The van der Waals surface area contributed by atoms with E-state index in [1.54, 1.807) is 19.9 Å². The number of hydrogen-bond donors (Lipinski definition) is 2. The summed E-state index contributed by atoms with van der Waals surface area (Å²) in [7, 11) is 2.06. The van der Waals surface area contributed by atoms with Crippen LogP contribution in [0.3, 0.4) is 0 Å². The third-order valence-corrected chi connectivity index (χ3v) is 8.25. The number of dihydropyridines is 1. The molecule has 1 aliphatic heterocycles. The van der Waals surface area contributed by atoms with E-state index in [2.05, 4.69) is 72.7 Å². The maximum Gasteiger partial charge on any atom is 0.336 e. The number of non-ortho nitro benzene ring substituents is 1. The molecule has 1 heterocycles. The number of carboxylic acids is 1. The van der Waals surface area contributed by atoms with Crippen molar-refractivity contribution in [3.8, 4) is 0 Å². The van der Waals surface area contributed by atoms with Gasteiger partial charge in [-0.25, -0.2) is 9.59 Å². The summed E-state index contributed by atoms with van der Waals surface area (Å²) in [5, 5.41) is 24.4. The number of benzene rings is 3. The molecule has 44 heavy (non-hydrogen) atoms. The number of aliphatic carboxylic acids is 1. The van der Waals surface area contributed by atoms with Crippen molar-refractivity contribution < 1.29 is 24.4 Å². The van der Waals surface area contributed by atoms with Gasteiger partial charge in [-0.1, -0.05) is 72.8 Å². The Labute approximate surface area is 258 Å². The summed E-state index contributed by atoms with van der Waals surface area (Å²) in [5.41, 5.74) is 3.57. The predicted molar refractivity (Wildman–Crippen MR) is 169 cm³/mol. The number of nitrogens with one attached hydrogen (secondary N) is 1. The average molecular weight is 598 g/mol. The minimum Gasteiger partial charge on any atom is -0.478 e. The number of carbonyl (C=O) groups excluding carboxylic acids is 1. The molecule has 0 fully saturated rings. The molecule has 9 heteroatoms. The quantitative estimate of drug-likeness (QED) is 0.101. The molecule has 1 aliphatic rings. The molecule has 2 N–H and O–H groups in total. The molecule has 9 nitrogen and oxygen atoms in total. The van der Waals surface area contributed by atoms with E-state index in [1.165, 1.54) is 29.3 Å². The van der Waals surface area contributed by atoms with Crippen LogP contribution < -0.4 is 5.32 Å². The van der Waals surface area contributed by atoms with Gasteiger partial charge < -0.3 is 20.1 Å². The smallest absolute Gasteiger partial charge is 0.336 e. The lowest BCUT2D eigenvalue weighted by molar-refractivity contribution is -0.384. The summed E-state index contributed by atoms with van der Waals surface area (Å²) in [4.78, 5) is 38.9. The number of carboxylic acid groups (broad SMARTS) is 1. The Balaban J connectivity index is 1.42. The fraction of sp³-hybridized carbons (Fsp3) is 0.314. The number of hydrogen-bond acceptors (Lipinski definition) is 7. The van der Waals surface area contributed by atoms with Gasteiger partial charge in [0.05, 0.1) is 28.6 Å². The number of carbonyl (C=O) groups is 2. The fourth-order valence-electron chi connectivity index (χ4n) is 5.83. The molecule has 0 saturated heterocycles. The molecule has 0 amide bonds. The highest BCUT2D eigenvalue weighted by Gasteiger charge is 2.37. The van der Waals surface area contributed by atoms with Crippen molar-refractivity contribution in [2.75, 3.05) is 20.2 Å². The highest BCUT2D eigenvalue weighted by Crippen LogP contribution is 2.39. The third kappa shape index (κ3) is 7.60. The molecule has 0 aromatic heterocycles. The van der Waals surface area contributed by atoms with E-state index in [0.29, 0.717) is 29.9 Å². The maximum atomic E-state index is 13.4. The van der Waals surface area contributed by atoms with Crippen molar-refractivity contribution >= 4 is 17.6 Å². The number of esters is 1. The van der Waals surface area contributed by atoms with Gasteiger partial charge in [-0.2, -0.15) is 0 Å². The molecule has 3 aromatic rings. The van der Waals surface area contributed by atoms with E-state index >= 15 is 0 Å². The molecule has 4 rings (SSSR count). The third-order valence-electron chi connectivity index (χ3n) is 8.25. The lowest BCUT2D eigenvalue weighted by atomic mass is 9.80. The summed E-state index contributed by atoms with van der Waals surface area (Å²) < 4.78 is 5.68. The van der Waals surface area contributed by atoms with Crippen molar-refractivity contribution in [1.29, 1.82) is 0 Å². The molecule has 0 bridgehead atoms. The minimum atomic E-state index is -1.22. The normalized spacial score (nSPS) is 15.7. The number of nitrogens with zero attached hydrogens (tertiary/aromatic N) is 2. The maximum absolute atomic E-state index is 13.4. The van der Waals surface area contributed by atoms with Crippen LogP contribution in [0.25, 0.3) is 0 Å². The number of ether oxygens (including phenoxy) is 1. The van der Waals surface area contributed by atoms with Crippen LogP contribution >= 0.6 is 0 Å². The van der Waals surface area contributed by atoms with Crippen LogP contribution in [-0.4, -0.2) is 53.1 Å². The van der Waals surface area contributed by atoms with E-state index in [9.17, 15) is 24.8 Å². The predicted octanol–water partition coefficient (Wildman–Crippen LogP) is 6.39. The summed E-state index contributed by atoms with van der Waals surface area (Å²) in [6.07, 6.45) is 1.49. The molecule has 2 unspecified atom stereocenters. The Kier molecular flexibility index (Phi) is 10.7. The summed E-state index contributed by atoms with van der Waals surface area (Å²) in [5.74, 6) is -2.64. The van der Waals surface area contributed by atoms with Crippen molar-refractivity contribution in [3.63, 3.8) is 0 Å². The van der Waals surface area contributed by atoms with Crippen LogP contribution in [0.1, 0.15) is 62.1 Å². The summed E-state index contributed by atoms with van der Waals surface area (Å²) in [6, 6.07) is 26.9. The number of rotatable bonds is 13. The first kappa shape index (κ1) is 32.2. The van der Waals surface area contributed by atoms with Crippen molar-refractivity contribution in [2.24, 2.45) is 0 Å². The zero-order valence-electron chi connectivity index (χ0n) is 25.5. The van der Waals surface area contributed by atoms with E-state index < -0.39 is 22.8 Å². The molecule has 230 valence electrons. The Hall–Kier alpha value is -4.76. The van der Waals surface area contributed by atoms with Gasteiger partial charge in [0.2, 0.25) is 0 Å². The van der Waals surface area contributed by atoms with Gasteiger partial charge in [0.25, 0.3) is 5.69 Å². The van der Waals surface area contributed by atoms with E-state index in [4.69, 9.17) is 4.74 Å². The van der Waals surface area contributed by atoms with Gasteiger partial charge in [-0.15, -0.1) is 0 Å². The first-order valence-electron chi connectivity index (χ1n) is 14.7. The Morgan fingerprint density at radius 1 is 0.955 bits per heavy atom. The molecular formula is C35H39N3O6. The van der Waals surface area contributed by atoms with Gasteiger partial charge in [0.15, 0.2) is 0 Å².